The zero-order valence-electron chi connectivity index (χ0n) is 5.83. The molecule has 0 saturated heterocycles. The van der Waals surface area contributed by atoms with E-state index in [1.54, 1.807) is 6.07 Å². The fraction of sp³-hybridized carbons (Fsp3) is 0.143. The van der Waals surface area contributed by atoms with Gasteiger partial charge in [0.2, 0.25) is 0 Å². The average molecular weight is 190 g/mol. The summed E-state index contributed by atoms with van der Waals surface area (Å²) in [7, 11) is 1.48. The molecule has 0 spiro atoms. The lowest BCUT2D eigenvalue weighted by atomic mass is 10.2. The first-order chi connectivity index (χ1) is 5.00. The van der Waals surface area contributed by atoms with E-state index >= 15 is 0 Å². The second-order valence-corrected chi connectivity index (χ2v) is 4.71. The number of rotatable bonds is 1. The average Bonchev–Trinajstić information content (AvgIpc) is 1.86. The van der Waals surface area contributed by atoms with Crippen LogP contribution in [0.15, 0.2) is 23.1 Å². The Morgan fingerprint density at radius 3 is 2.45 bits per heavy atom. The van der Waals surface area contributed by atoms with E-state index in [4.69, 9.17) is 10.7 Å². The molecule has 1 aromatic rings. The third-order valence-corrected chi connectivity index (χ3v) is 2.57. The van der Waals surface area contributed by atoms with Crippen molar-refractivity contribution in [2.75, 3.05) is 0 Å². The van der Waals surface area contributed by atoms with Crippen molar-refractivity contribution in [3.05, 3.63) is 29.8 Å². The summed E-state index contributed by atoms with van der Waals surface area (Å²) in [4.78, 5) is 0.0877. The molecule has 0 aliphatic carbocycles. The van der Waals surface area contributed by atoms with E-state index in [1.165, 1.54) is 12.1 Å². The number of halogens is 1. The highest BCUT2D eigenvalue weighted by Gasteiger charge is 2.07. The minimum Gasteiger partial charge on any atom is -0.207 e. The molecular weight excluding hydrogens is 184 g/mol. The van der Waals surface area contributed by atoms with Crippen molar-refractivity contribution in [1.29, 1.82) is 0 Å². The monoisotopic (exact) mass is 189 g/mol. The summed E-state index contributed by atoms with van der Waals surface area (Å²) in [6, 6.07) is 7.20. The Hall–Kier alpha value is -0.540. The van der Waals surface area contributed by atoms with Gasteiger partial charge in [-0.05, 0) is 30.7 Å². The first kappa shape index (κ1) is 8.56. The maximum absolute atomic E-state index is 10.7. The standard InChI is InChI=1S/C7H6ClO2S/c1-6-2-4-7(5-3-6)11(8,9)10/h2,4-5H,1H3. The van der Waals surface area contributed by atoms with Crippen molar-refractivity contribution in [3.8, 4) is 0 Å². The van der Waals surface area contributed by atoms with Crippen LogP contribution in [-0.4, -0.2) is 8.42 Å². The van der Waals surface area contributed by atoms with Gasteiger partial charge in [0.1, 0.15) is 0 Å². The predicted octanol–water partition coefficient (Wildman–Crippen LogP) is 1.72. The van der Waals surface area contributed by atoms with Crippen molar-refractivity contribution >= 4 is 19.7 Å². The highest BCUT2D eigenvalue weighted by Crippen LogP contribution is 2.13. The van der Waals surface area contributed by atoms with Crippen LogP contribution >= 0.6 is 10.7 Å². The Balaban J connectivity index is 3.20. The zero-order valence-corrected chi connectivity index (χ0v) is 7.41. The first-order valence-corrected chi connectivity index (χ1v) is 5.24. The second-order valence-electron chi connectivity index (χ2n) is 2.15. The summed E-state index contributed by atoms with van der Waals surface area (Å²) in [6.07, 6.45) is 0. The van der Waals surface area contributed by atoms with E-state index in [9.17, 15) is 8.42 Å². The summed E-state index contributed by atoms with van der Waals surface area (Å²) >= 11 is 0. The van der Waals surface area contributed by atoms with Crippen molar-refractivity contribution < 1.29 is 8.42 Å². The quantitative estimate of drug-likeness (QED) is 0.631. The molecule has 1 rings (SSSR count). The fourth-order valence-corrected chi connectivity index (χ4v) is 1.36. The lowest BCUT2D eigenvalue weighted by Gasteiger charge is -1.94. The maximum atomic E-state index is 10.7. The third kappa shape index (κ3) is 2.20. The van der Waals surface area contributed by atoms with E-state index in [2.05, 4.69) is 6.07 Å². The van der Waals surface area contributed by atoms with Crippen molar-refractivity contribution in [3.63, 3.8) is 0 Å². The molecule has 0 aliphatic rings. The molecule has 0 heterocycles. The van der Waals surface area contributed by atoms with E-state index in [0.717, 1.165) is 5.56 Å². The van der Waals surface area contributed by atoms with Gasteiger partial charge in [-0.2, -0.15) is 0 Å². The van der Waals surface area contributed by atoms with Gasteiger partial charge in [0, 0.05) is 10.7 Å². The van der Waals surface area contributed by atoms with Gasteiger partial charge in [-0.25, -0.2) is 8.42 Å². The summed E-state index contributed by atoms with van der Waals surface area (Å²) in [5.41, 5.74) is 0.883. The third-order valence-electron chi connectivity index (χ3n) is 1.22. The molecule has 0 amide bonds. The van der Waals surface area contributed by atoms with Crippen molar-refractivity contribution in [2.24, 2.45) is 0 Å². The Labute approximate surface area is 70.2 Å². The molecule has 0 saturated carbocycles. The largest absolute Gasteiger partial charge is 0.261 e. The van der Waals surface area contributed by atoms with Crippen LogP contribution in [0, 0.1) is 13.0 Å². The van der Waals surface area contributed by atoms with E-state index in [-0.39, 0.29) is 4.90 Å². The Bertz CT molecular complexity index is 339. The number of aryl methyl sites for hydroxylation is 1. The van der Waals surface area contributed by atoms with E-state index in [1.807, 2.05) is 6.92 Å². The van der Waals surface area contributed by atoms with Crippen molar-refractivity contribution in [1.82, 2.24) is 0 Å². The normalized spacial score (nSPS) is 11.5. The van der Waals surface area contributed by atoms with Crippen LogP contribution in [0.2, 0.25) is 0 Å². The summed E-state index contributed by atoms with van der Waals surface area (Å²) in [6.45, 7) is 1.82. The SMILES string of the molecule is Cc1[c]cc(S(=O)(=O)Cl)cc1. The van der Waals surface area contributed by atoms with Crippen LogP contribution in [0.25, 0.3) is 0 Å². The van der Waals surface area contributed by atoms with Gasteiger partial charge in [0.05, 0.1) is 4.90 Å². The van der Waals surface area contributed by atoms with Gasteiger partial charge < -0.3 is 0 Å². The smallest absolute Gasteiger partial charge is 0.207 e. The van der Waals surface area contributed by atoms with E-state index in [0.29, 0.717) is 0 Å². The van der Waals surface area contributed by atoms with Crippen LogP contribution < -0.4 is 0 Å². The molecular formula is C7H6ClO2S. The molecule has 0 aliphatic heterocycles. The van der Waals surface area contributed by atoms with Crippen LogP contribution in [0.3, 0.4) is 0 Å². The van der Waals surface area contributed by atoms with Crippen molar-refractivity contribution in [2.45, 2.75) is 11.8 Å². The highest BCUT2D eigenvalue weighted by molar-refractivity contribution is 8.13. The van der Waals surface area contributed by atoms with Gasteiger partial charge in [-0.3, -0.25) is 0 Å². The van der Waals surface area contributed by atoms with Gasteiger partial charge in [-0.15, -0.1) is 0 Å². The minimum atomic E-state index is -3.58. The molecule has 1 radical (unpaired) electrons. The number of hydrogen-bond donors (Lipinski definition) is 0. The molecule has 59 valence electrons. The zero-order chi connectivity index (χ0) is 8.48. The topological polar surface area (TPSA) is 34.1 Å². The first-order valence-electron chi connectivity index (χ1n) is 2.93. The lowest BCUT2D eigenvalue weighted by Crippen LogP contribution is -1.89. The summed E-state index contributed by atoms with van der Waals surface area (Å²) in [5.74, 6) is 0. The van der Waals surface area contributed by atoms with Gasteiger partial charge in [-0.1, -0.05) is 6.07 Å². The molecule has 0 fully saturated rings. The highest BCUT2D eigenvalue weighted by atomic mass is 35.7. The Kier molecular flexibility index (Phi) is 2.20. The van der Waals surface area contributed by atoms with E-state index < -0.39 is 9.05 Å². The molecule has 0 aromatic heterocycles. The minimum absolute atomic E-state index is 0.0877. The van der Waals surface area contributed by atoms with Gasteiger partial charge >= 0.3 is 0 Å². The molecule has 1 aromatic carbocycles. The Morgan fingerprint density at radius 1 is 1.45 bits per heavy atom. The van der Waals surface area contributed by atoms with Crippen LogP contribution in [0.5, 0.6) is 0 Å². The number of benzene rings is 1. The molecule has 0 unspecified atom stereocenters. The summed E-state index contributed by atoms with van der Waals surface area (Å²) in [5, 5.41) is 0. The second kappa shape index (κ2) is 2.83. The molecule has 0 bridgehead atoms. The van der Waals surface area contributed by atoms with Crippen LogP contribution in [0.4, 0.5) is 0 Å². The molecule has 2 nitrogen and oxygen atoms in total. The molecule has 11 heavy (non-hydrogen) atoms. The molecule has 0 N–H and O–H groups in total. The Morgan fingerprint density at radius 2 is 2.09 bits per heavy atom. The molecule has 4 heteroatoms. The molecule has 0 atom stereocenters. The predicted molar refractivity (Wildman–Crippen MR) is 43.1 cm³/mol. The lowest BCUT2D eigenvalue weighted by molar-refractivity contribution is 0.609. The summed E-state index contributed by atoms with van der Waals surface area (Å²) < 4.78 is 21.4. The maximum Gasteiger partial charge on any atom is 0.261 e. The van der Waals surface area contributed by atoms with Crippen LogP contribution in [-0.2, 0) is 9.05 Å². The fourth-order valence-electron chi connectivity index (χ4n) is 0.640. The van der Waals surface area contributed by atoms with Gasteiger partial charge in [0.15, 0.2) is 0 Å². The van der Waals surface area contributed by atoms with Gasteiger partial charge in [0.25, 0.3) is 9.05 Å². The van der Waals surface area contributed by atoms with Crippen LogP contribution in [0.1, 0.15) is 5.56 Å². The number of hydrogen-bond acceptors (Lipinski definition) is 2.